The van der Waals surface area contributed by atoms with E-state index < -0.39 is 11.0 Å². The molecule has 0 atom stereocenters. The lowest BCUT2D eigenvalue weighted by Crippen LogP contribution is -2.62. The summed E-state index contributed by atoms with van der Waals surface area (Å²) in [7, 11) is 0. The van der Waals surface area contributed by atoms with Crippen molar-refractivity contribution >= 4 is 29.0 Å². The Morgan fingerprint density at radius 2 is 2.03 bits per heavy atom. The fourth-order valence-electron chi connectivity index (χ4n) is 4.26. The topological polar surface area (TPSA) is 103 Å². The number of aromatic nitrogens is 4. The van der Waals surface area contributed by atoms with Crippen LogP contribution < -0.4 is 4.90 Å². The quantitative estimate of drug-likeness (QED) is 0.737. The smallest absolute Gasteiger partial charge is 0.410 e. The molecule has 0 radical (unpaired) electrons. The SMILES string of the molecule is Cc1nn(C2COC2)c2nc(N3CCC4(CN(C(=O)OC(C)(C)C)C4)C3=O)cnc12. The van der Waals surface area contributed by atoms with Crippen molar-refractivity contribution in [1.82, 2.24) is 24.6 Å². The minimum absolute atomic E-state index is 0.00859. The van der Waals surface area contributed by atoms with Crippen LogP contribution in [0.2, 0.25) is 0 Å². The zero-order chi connectivity index (χ0) is 21.3. The highest BCUT2D eigenvalue weighted by Crippen LogP contribution is 2.42. The molecule has 3 aliphatic heterocycles. The highest BCUT2D eigenvalue weighted by Gasteiger charge is 2.57. The third-order valence-corrected chi connectivity index (χ3v) is 5.95. The summed E-state index contributed by atoms with van der Waals surface area (Å²) in [5.74, 6) is 0.521. The molecule has 2 aromatic heterocycles. The summed E-state index contributed by atoms with van der Waals surface area (Å²) in [5, 5.41) is 4.56. The van der Waals surface area contributed by atoms with Gasteiger partial charge in [0, 0.05) is 19.6 Å². The number of aryl methyl sites for hydroxylation is 1. The van der Waals surface area contributed by atoms with E-state index in [0.29, 0.717) is 50.7 Å². The first-order valence-electron chi connectivity index (χ1n) is 10.3. The predicted molar refractivity (Wildman–Crippen MR) is 107 cm³/mol. The molecular weight excluding hydrogens is 388 g/mol. The molecule has 0 aliphatic carbocycles. The number of hydrogen-bond donors (Lipinski definition) is 0. The molecule has 2 aromatic rings. The molecule has 5 heterocycles. The molecule has 3 fully saturated rings. The lowest BCUT2D eigenvalue weighted by Gasteiger charge is -2.46. The maximum atomic E-state index is 13.2. The van der Waals surface area contributed by atoms with Gasteiger partial charge in [-0.25, -0.2) is 19.4 Å². The third-order valence-electron chi connectivity index (χ3n) is 5.95. The van der Waals surface area contributed by atoms with Crippen LogP contribution in [0.4, 0.5) is 10.6 Å². The van der Waals surface area contributed by atoms with Gasteiger partial charge in [0.15, 0.2) is 11.5 Å². The third kappa shape index (κ3) is 2.92. The van der Waals surface area contributed by atoms with E-state index in [9.17, 15) is 9.59 Å². The number of nitrogens with zero attached hydrogens (tertiary/aromatic N) is 6. The number of likely N-dealkylation sites (tertiary alicyclic amines) is 1. The van der Waals surface area contributed by atoms with Gasteiger partial charge >= 0.3 is 6.09 Å². The lowest BCUT2D eigenvalue weighted by atomic mass is 9.78. The molecule has 2 amide bonds. The van der Waals surface area contributed by atoms with Crippen LogP contribution in [0, 0.1) is 12.3 Å². The number of hydrogen-bond acceptors (Lipinski definition) is 7. The first kappa shape index (κ1) is 19.2. The standard InChI is InChI=1S/C20H26N6O4/c1-12-15-16(26(23-12)13-8-29-9-13)22-14(7-21-15)25-6-5-20(17(25)27)10-24(11-20)18(28)30-19(2,3)4/h7,13H,5-6,8-11H2,1-4H3. The van der Waals surface area contributed by atoms with Crippen molar-refractivity contribution in [2.75, 3.05) is 37.7 Å². The van der Waals surface area contributed by atoms with E-state index in [0.717, 1.165) is 11.2 Å². The van der Waals surface area contributed by atoms with Gasteiger partial charge in [-0.1, -0.05) is 0 Å². The number of amides is 2. The van der Waals surface area contributed by atoms with Crippen LogP contribution in [0.5, 0.6) is 0 Å². The van der Waals surface area contributed by atoms with Crippen LogP contribution in [0.1, 0.15) is 38.9 Å². The molecule has 30 heavy (non-hydrogen) atoms. The second-order valence-corrected chi connectivity index (χ2v) is 9.45. The second-order valence-electron chi connectivity index (χ2n) is 9.45. The molecule has 5 rings (SSSR count). The van der Waals surface area contributed by atoms with E-state index >= 15 is 0 Å². The Bertz CT molecular complexity index is 1030. The van der Waals surface area contributed by atoms with Crippen molar-refractivity contribution in [3.8, 4) is 0 Å². The number of rotatable bonds is 2. The van der Waals surface area contributed by atoms with Crippen LogP contribution in [0.3, 0.4) is 0 Å². The molecule has 3 saturated heterocycles. The maximum Gasteiger partial charge on any atom is 0.410 e. The zero-order valence-electron chi connectivity index (χ0n) is 17.7. The second kappa shape index (κ2) is 6.37. The Kier molecular flexibility index (Phi) is 4.08. The molecule has 1 spiro atoms. The molecule has 0 N–H and O–H groups in total. The van der Waals surface area contributed by atoms with Gasteiger partial charge in [-0.2, -0.15) is 5.10 Å². The summed E-state index contributed by atoms with van der Waals surface area (Å²) >= 11 is 0. The fourth-order valence-corrected chi connectivity index (χ4v) is 4.26. The lowest BCUT2D eigenvalue weighted by molar-refractivity contribution is -0.134. The molecule has 3 aliphatic rings. The van der Waals surface area contributed by atoms with Gasteiger partial charge in [0.25, 0.3) is 0 Å². The summed E-state index contributed by atoms with van der Waals surface area (Å²) in [5.41, 5.74) is 1.13. The summed E-state index contributed by atoms with van der Waals surface area (Å²) in [6.45, 7) is 9.93. The van der Waals surface area contributed by atoms with Gasteiger partial charge in [-0.15, -0.1) is 0 Å². The van der Waals surface area contributed by atoms with E-state index in [4.69, 9.17) is 14.5 Å². The molecule has 10 heteroatoms. The van der Waals surface area contributed by atoms with Gasteiger partial charge in [0.1, 0.15) is 17.2 Å². The van der Waals surface area contributed by atoms with Crippen molar-refractivity contribution in [3.63, 3.8) is 0 Å². The van der Waals surface area contributed by atoms with Gasteiger partial charge in [0.2, 0.25) is 5.91 Å². The Morgan fingerprint density at radius 1 is 1.30 bits per heavy atom. The van der Waals surface area contributed by atoms with Crippen molar-refractivity contribution in [1.29, 1.82) is 0 Å². The minimum atomic E-state index is -0.552. The first-order valence-corrected chi connectivity index (χ1v) is 10.3. The van der Waals surface area contributed by atoms with Gasteiger partial charge < -0.3 is 14.4 Å². The van der Waals surface area contributed by atoms with Crippen LogP contribution in [0.25, 0.3) is 11.2 Å². The normalized spacial score (nSPS) is 21.3. The Labute approximate surface area is 174 Å². The van der Waals surface area contributed by atoms with E-state index in [1.807, 2.05) is 32.4 Å². The summed E-state index contributed by atoms with van der Waals surface area (Å²) in [6, 6.07) is 0.153. The number of fused-ring (bicyclic) bond motifs is 1. The van der Waals surface area contributed by atoms with Gasteiger partial charge in [0.05, 0.1) is 30.5 Å². The number of anilines is 1. The summed E-state index contributed by atoms with van der Waals surface area (Å²) in [6.07, 6.45) is 1.95. The van der Waals surface area contributed by atoms with Gasteiger partial charge in [-0.05, 0) is 34.1 Å². The summed E-state index contributed by atoms with van der Waals surface area (Å²) in [4.78, 5) is 38.0. The molecule has 160 valence electrons. The van der Waals surface area contributed by atoms with Crippen LogP contribution >= 0.6 is 0 Å². The predicted octanol–water partition coefficient (Wildman–Crippen LogP) is 1.68. The van der Waals surface area contributed by atoms with E-state index in [1.54, 1.807) is 16.0 Å². The molecular formula is C20H26N6O4. The Balaban J connectivity index is 1.35. The average molecular weight is 414 g/mol. The van der Waals surface area contributed by atoms with Crippen molar-refractivity contribution in [2.45, 2.75) is 45.8 Å². The number of carbonyl (C=O) groups excluding carboxylic acids is 2. The van der Waals surface area contributed by atoms with Gasteiger partial charge in [-0.3, -0.25) is 9.69 Å². The fraction of sp³-hybridized carbons (Fsp3) is 0.650. The molecule has 10 nitrogen and oxygen atoms in total. The summed E-state index contributed by atoms with van der Waals surface area (Å²) < 4.78 is 12.6. The van der Waals surface area contributed by atoms with Crippen molar-refractivity contribution in [2.24, 2.45) is 5.41 Å². The van der Waals surface area contributed by atoms with Crippen LogP contribution in [-0.4, -0.2) is 75.1 Å². The minimum Gasteiger partial charge on any atom is -0.444 e. The highest BCUT2D eigenvalue weighted by molar-refractivity contribution is 6.01. The van der Waals surface area contributed by atoms with Crippen LogP contribution in [-0.2, 0) is 14.3 Å². The number of ether oxygens (including phenoxy) is 2. The Hall–Kier alpha value is -2.75. The van der Waals surface area contributed by atoms with Crippen molar-refractivity contribution < 1.29 is 19.1 Å². The number of carbonyl (C=O) groups is 2. The monoisotopic (exact) mass is 414 g/mol. The maximum absolute atomic E-state index is 13.2. The molecule has 0 unspecified atom stereocenters. The van der Waals surface area contributed by atoms with E-state index in [2.05, 4.69) is 10.1 Å². The van der Waals surface area contributed by atoms with Crippen LogP contribution in [0.15, 0.2) is 6.20 Å². The largest absolute Gasteiger partial charge is 0.444 e. The van der Waals surface area contributed by atoms with E-state index in [-0.39, 0.29) is 18.0 Å². The average Bonchev–Trinajstić information content (AvgIpc) is 3.08. The molecule has 0 aromatic carbocycles. The van der Waals surface area contributed by atoms with E-state index in [1.165, 1.54) is 0 Å². The molecule has 0 saturated carbocycles. The highest BCUT2D eigenvalue weighted by atomic mass is 16.6. The Morgan fingerprint density at radius 3 is 2.67 bits per heavy atom. The zero-order valence-corrected chi connectivity index (χ0v) is 17.7. The first-order chi connectivity index (χ1) is 14.2. The van der Waals surface area contributed by atoms with Crippen molar-refractivity contribution in [3.05, 3.63) is 11.9 Å². The molecule has 0 bridgehead atoms.